The van der Waals surface area contributed by atoms with Gasteiger partial charge in [0.25, 0.3) is 5.91 Å². The van der Waals surface area contributed by atoms with Crippen molar-refractivity contribution in [3.63, 3.8) is 0 Å². The summed E-state index contributed by atoms with van der Waals surface area (Å²) in [5, 5.41) is 3.07. The van der Waals surface area contributed by atoms with Gasteiger partial charge in [0, 0.05) is 31.4 Å². The second kappa shape index (κ2) is 8.71. The number of likely N-dealkylation sites (tertiary alicyclic amines) is 1. The number of ether oxygens (including phenoxy) is 1. The molecule has 1 aliphatic rings. The molecule has 146 valence electrons. The lowest BCUT2D eigenvalue weighted by Gasteiger charge is -2.36. The van der Waals surface area contributed by atoms with Crippen LogP contribution in [0.5, 0.6) is 0 Å². The number of aromatic amines is 1. The molecule has 26 heavy (non-hydrogen) atoms. The second-order valence-corrected chi connectivity index (χ2v) is 7.86. The molecule has 1 saturated heterocycles. The lowest BCUT2D eigenvalue weighted by atomic mass is 9.92. The quantitative estimate of drug-likeness (QED) is 0.762. The highest BCUT2D eigenvalue weighted by Crippen LogP contribution is 2.22. The van der Waals surface area contributed by atoms with Gasteiger partial charge in [0.1, 0.15) is 5.69 Å². The monoisotopic (exact) mass is 363 g/mol. The van der Waals surface area contributed by atoms with Crippen LogP contribution in [-0.2, 0) is 11.2 Å². The Morgan fingerprint density at radius 1 is 1.31 bits per heavy atom. The summed E-state index contributed by atoms with van der Waals surface area (Å²) >= 11 is 0. The van der Waals surface area contributed by atoms with Gasteiger partial charge in [0.05, 0.1) is 12.7 Å². The summed E-state index contributed by atoms with van der Waals surface area (Å²) in [5.74, 6) is 0.820. The third kappa shape index (κ3) is 4.67. The van der Waals surface area contributed by atoms with E-state index in [1.54, 1.807) is 6.92 Å². The average Bonchev–Trinajstić information content (AvgIpc) is 2.89. The Bertz CT molecular complexity index is 643. The Morgan fingerprint density at radius 2 is 1.92 bits per heavy atom. The fourth-order valence-corrected chi connectivity index (χ4v) is 4.20. The van der Waals surface area contributed by atoms with Crippen LogP contribution in [0.4, 0.5) is 0 Å². The van der Waals surface area contributed by atoms with Gasteiger partial charge >= 0.3 is 5.97 Å². The Morgan fingerprint density at radius 3 is 2.46 bits per heavy atom. The maximum atomic E-state index is 12.7. The Balaban J connectivity index is 2.05. The molecule has 1 fully saturated rings. The molecule has 0 radical (unpaired) electrons. The number of nitrogens with one attached hydrogen (secondary N) is 2. The number of methoxy groups -OCH3 is 1. The molecule has 1 aromatic heterocycles. The van der Waals surface area contributed by atoms with Gasteiger partial charge in [0.15, 0.2) is 0 Å². The van der Waals surface area contributed by atoms with E-state index in [1.165, 1.54) is 13.5 Å². The van der Waals surface area contributed by atoms with Crippen LogP contribution in [0.3, 0.4) is 0 Å². The Kier molecular flexibility index (Phi) is 6.87. The standard InChI is InChI=1S/C20H33N3O3/c1-7-16-17(20(25)26-6)15(5)18(22-16)19(24)21-14(4)11-23-9-12(2)8-13(3)10-23/h12-14,22H,7-11H2,1-6H3,(H,21,24). The van der Waals surface area contributed by atoms with E-state index in [9.17, 15) is 9.59 Å². The highest BCUT2D eigenvalue weighted by Gasteiger charge is 2.26. The molecule has 1 aromatic rings. The van der Waals surface area contributed by atoms with Crippen molar-refractivity contribution in [1.82, 2.24) is 15.2 Å². The van der Waals surface area contributed by atoms with Crippen molar-refractivity contribution in [2.45, 2.75) is 53.5 Å². The molecular formula is C20H33N3O3. The number of H-pyrrole nitrogens is 1. The van der Waals surface area contributed by atoms with Crippen LogP contribution in [0, 0.1) is 18.8 Å². The highest BCUT2D eigenvalue weighted by molar-refractivity contribution is 6.00. The predicted molar refractivity (Wildman–Crippen MR) is 103 cm³/mol. The maximum Gasteiger partial charge on any atom is 0.339 e. The molecule has 3 unspecified atom stereocenters. The van der Waals surface area contributed by atoms with Crippen LogP contribution < -0.4 is 5.32 Å². The van der Waals surface area contributed by atoms with E-state index >= 15 is 0 Å². The fourth-order valence-electron chi connectivity index (χ4n) is 4.20. The molecule has 1 amide bonds. The molecule has 2 N–H and O–H groups in total. The topological polar surface area (TPSA) is 74.4 Å². The van der Waals surface area contributed by atoms with Gasteiger partial charge in [-0.15, -0.1) is 0 Å². The molecule has 0 aromatic carbocycles. The van der Waals surface area contributed by atoms with Crippen molar-refractivity contribution >= 4 is 11.9 Å². The number of amides is 1. The first-order valence-corrected chi connectivity index (χ1v) is 9.59. The molecule has 6 heteroatoms. The first kappa shape index (κ1) is 20.5. The molecule has 2 rings (SSSR count). The van der Waals surface area contributed by atoms with E-state index in [1.807, 2.05) is 13.8 Å². The molecule has 0 saturated carbocycles. The summed E-state index contributed by atoms with van der Waals surface area (Å²) in [4.78, 5) is 30.3. The second-order valence-electron chi connectivity index (χ2n) is 7.86. The SMILES string of the molecule is CCc1[nH]c(C(=O)NC(C)CN2CC(C)CC(C)C2)c(C)c1C(=O)OC. The summed E-state index contributed by atoms with van der Waals surface area (Å²) in [5.41, 5.74) is 2.32. The number of hydrogen-bond acceptors (Lipinski definition) is 4. The van der Waals surface area contributed by atoms with Gasteiger partial charge in [-0.1, -0.05) is 20.8 Å². The minimum absolute atomic E-state index is 0.0364. The lowest BCUT2D eigenvalue weighted by Crippen LogP contribution is -2.47. The minimum atomic E-state index is -0.404. The molecule has 0 bridgehead atoms. The number of aryl methyl sites for hydroxylation is 1. The lowest BCUT2D eigenvalue weighted by molar-refractivity contribution is 0.0599. The molecule has 6 nitrogen and oxygen atoms in total. The molecule has 0 spiro atoms. The summed E-state index contributed by atoms with van der Waals surface area (Å²) < 4.78 is 4.86. The van der Waals surface area contributed by atoms with E-state index in [4.69, 9.17) is 4.74 Å². The first-order valence-electron chi connectivity index (χ1n) is 9.59. The maximum absolute atomic E-state index is 12.7. The van der Waals surface area contributed by atoms with Crippen molar-refractivity contribution in [2.24, 2.45) is 11.8 Å². The number of aromatic nitrogens is 1. The summed E-state index contributed by atoms with van der Waals surface area (Å²) in [6, 6.07) is 0.0364. The van der Waals surface area contributed by atoms with Crippen LogP contribution >= 0.6 is 0 Å². The third-order valence-corrected chi connectivity index (χ3v) is 5.15. The zero-order valence-corrected chi connectivity index (χ0v) is 16.9. The van der Waals surface area contributed by atoms with Crippen LogP contribution in [0.1, 0.15) is 66.2 Å². The van der Waals surface area contributed by atoms with Gasteiger partial charge in [0.2, 0.25) is 0 Å². The van der Waals surface area contributed by atoms with Crippen LogP contribution in [0.25, 0.3) is 0 Å². The summed E-state index contributed by atoms with van der Waals surface area (Å²) in [6.07, 6.45) is 1.91. The molecule has 2 heterocycles. The van der Waals surface area contributed by atoms with E-state index in [0.717, 1.165) is 25.3 Å². The van der Waals surface area contributed by atoms with Crippen molar-refractivity contribution in [3.05, 3.63) is 22.5 Å². The molecule has 0 aliphatic carbocycles. The van der Waals surface area contributed by atoms with Crippen LogP contribution in [-0.4, -0.2) is 54.5 Å². The van der Waals surface area contributed by atoms with Gasteiger partial charge < -0.3 is 19.9 Å². The zero-order chi connectivity index (χ0) is 19.4. The number of esters is 1. The molecule has 1 aliphatic heterocycles. The smallest absolute Gasteiger partial charge is 0.339 e. The largest absolute Gasteiger partial charge is 0.465 e. The first-order chi connectivity index (χ1) is 12.3. The van der Waals surface area contributed by atoms with Gasteiger partial charge in [-0.2, -0.15) is 0 Å². The summed E-state index contributed by atoms with van der Waals surface area (Å²) in [7, 11) is 1.36. The Labute approximate surface area is 156 Å². The van der Waals surface area contributed by atoms with Crippen molar-refractivity contribution in [2.75, 3.05) is 26.7 Å². The van der Waals surface area contributed by atoms with E-state index < -0.39 is 5.97 Å². The number of piperidine rings is 1. The van der Waals surface area contributed by atoms with E-state index in [-0.39, 0.29) is 11.9 Å². The van der Waals surface area contributed by atoms with Crippen molar-refractivity contribution in [1.29, 1.82) is 0 Å². The Hall–Kier alpha value is -1.82. The van der Waals surface area contributed by atoms with Crippen molar-refractivity contribution < 1.29 is 14.3 Å². The number of hydrogen-bond donors (Lipinski definition) is 2. The van der Waals surface area contributed by atoms with Crippen LogP contribution in [0.2, 0.25) is 0 Å². The number of carbonyl (C=O) groups is 2. The van der Waals surface area contributed by atoms with E-state index in [0.29, 0.717) is 35.1 Å². The van der Waals surface area contributed by atoms with Gasteiger partial charge in [-0.25, -0.2) is 4.79 Å². The van der Waals surface area contributed by atoms with Crippen LogP contribution in [0.15, 0.2) is 0 Å². The normalized spacial score (nSPS) is 22.1. The van der Waals surface area contributed by atoms with Gasteiger partial charge in [-0.05, 0) is 44.1 Å². The molecule has 3 atom stereocenters. The van der Waals surface area contributed by atoms with E-state index in [2.05, 4.69) is 29.0 Å². The number of nitrogens with zero attached hydrogens (tertiary/aromatic N) is 1. The number of carbonyl (C=O) groups excluding carboxylic acids is 2. The summed E-state index contributed by atoms with van der Waals surface area (Å²) in [6.45, 7) is 13.3. The highest BCUT2D eigenvalue weighted by atomic mass is 16.5. The average molecular weight is 364 g/mol. The fraction of sp³-hybridized carbons (Fsp3) is 0.700. The third-order valence-electron chi connectivity index (χ3n) is 5.15. The van der Waals surface area contributed by atoms with Crippen molar-refractivity contribution in [3.8, 4) is 0 Å². The molecular weight excluding hydrogens is 330 g/mol. The minimum Gasteiger partial charge on any atom is -0.465 e. The predicted octanol–water partition coefficient (Wildman–Crippen LogP) is 2.77. The van der Waals surface area contributed by atoms with Gasteiger partial charge in [-0.3, -0.25) is 4.79 Å². The number of rotatable bonds is 6. The zero-order valence-electron chi connectivity index (χ0n) is 16.9.